The van der Waals surface area contributed by atoms with Gasteiger partial charge in [-0.1, -0.05) is 37.3 Å². The smallest absolute Gasteiger partial charge is 0.106 e. The van der Waals surface area contributed by atoms with Gasteiger partial charge in [-0.3, -0.25) is 0 Å². The van der Waals surface area contributed by atoms with Gasteiger partial charge in [-0.2, -0.15) is 0 Å². The number of benzene rings is 1. The predicted molar refractivity (Wildman–Crippen MR) is 66.8 cm³/mol. The summed E-state index contributed by atoms with van der Waals surface area (Å²) >= 11 is 3.38. The molecule has 0 saturated carbocycles. The van der Waals surface area contributed by atoms with Crippen molar-refractivity contribution in [1.82, 2.24) is 4.98 Å². The van der Waals surface area contributed by atoms with E-state index < -0.39 is 0 Å². The summed E-state index contributed by atoms with van der Waals surface area (Å²) < 4.78 is 0.875. The molecular formula is C13H12BrN. The predicted octanol–water partition coefficient (Wildman–Crippen LogP) is 4.07. The molecule has 0 atom stereocenters. The van der Waals surface area contributed by atoms with Gasteiger partial charge in [0.15, 0.2) is 0 Å². The number of rotatable bonds is 2. The van der Waals surface area contributed by atoms with Gasteiger partial charge in [-0.05, 0) is 40.0 Å². The Kier molecular flexibility index (Phi) is 3.17. The molecule has 0 radical (unpaired) electrons. The minimum Gasteiger partial charge on any atom is -0.241 e. The Morgan fingerprint density at radius 3 is 2.40 bits per heavy atom. The minimum atomic E-state index is 0.875. The summed E-state index contributed by atoms with van der Waals surface area (Å²) in [6, 6.07) is 14.5. The van der Waals surface area contributed by atoms with E-state index >= 15 is 0 Å². The van der Waals surface area contributed by atoms with Crippen molar-refractivity contribution >= 4 is 15.9 Å². The Hall–Kier alpha value is -1.15. The van der Waals surface area contributed by atoms with Gasteiger partial charge in [0.25, 0.3) is 0 Å². The van der Waals surface area contributed by atoms with Crippen molar-refractivity contribution in [3.63, 3.8) is 0 Å². The van der Waals surface area contributed by atoms with Gasteiger partial charge in [0.05, 0.1) is 5.69 Å². The van der Waals surface area contributed by atoms with E-state index in [2.05, 4.69) is 52.1 Å². The highest BCUT2D eigenvalue weighted by molar-refractivity contribution is 9.10. The van der Waals surface area contributed by atoms with Crippen molar-refractivity contribution in [1.29, 1.82) is 0 Å². The molecule has 15 heavy (non-hydrogen) atoms. The zero-order valence-corrected chi connectivity index (χ0v) is 10.2. The topological polar surface area (TPSA) is 12.9 Å². The largest absolute Gasteiger partial charge is 0.241 e. The van der Waals surface area contributed by atoms with Gasteiger partial charge in [-0.25, -0.2) is 4.98 Å². The highest BCUT2D eigenvalue weighted by atomic mass is 79.9. The molecule has 1 nitrogen and oxygen atoms in total. The molecule has 1 aromatic heterocycles. The summed E-state index contributed by atoms with van der Waals surface area (Å²) in [4.78, 5) is 4.42. The van der Waals surface area contributed by atoms with Gasteiger partial charge in [-0.15, -0.1) is 0 Å². The second kappa shape index (κ2) is 4.58. The Balaban J connectivity index is 2.37. The van der Waals surface area contributed by atoms with Crippen molar-refractivity contribution in [3.05, 3.63) is 52.6 Å². The van der Waals surface area contributed by atoms with Crippen molar-refractivity contribution in [2.75, 3.05) is 0 Å². The van der Waals surface area contributed by atoms with E-state index in [-0.39, 0.29) is 0 Å². The van der Waals surface area contributed by atoms with E-state index in [0.29, 0.717) is 0 Å². The Morgan fingerprint density at radius 2 is 1.80 bits per heavy atom. The molecule has 0 saturated heterocycles. The van der Waals surface area contributed by atoms with Crippen LogP contribution in [0.15, 0.2) is 47.1 Å². The average molecular weight is 262 g/mol. The summed E-state index contributed by atoms with van der Waals surface area (Å²) in [5.41, 5.74) is 3.52. The molecule has 0 fully saturated rings. The third kappa shape index (κ3) is 2.45. The van der Waals surface area contributed by atoms with Crippen molar-refractivity contribution in [3.8, 4) is 11.3 Å². The van der Waals surface area contributed by atoms with Crippen LogP contribution in [0.4, 0.5) is 0 Å². The van der Waals surface area contributed by atoms with E-state index in [1.54, 1.807) is 0 Å². The number of hydrogen-bond donors (Lipinski definition) is 0. The SMILES string of the molecule is CCc1ccc(-c2cccc(Br)n2)cc1. The molecule has 0 N–H and O–H groups in total. The highest BCUT2D eigenvalue weighted by Crippen LogP contribution is 2.19. The third-order valence-electron chi connectivity index (χ3n) is 2.37. The number of aryl methyl sites for hydroxylation is 1. The van der Waals surface area contributed by atoms with Crippen LogP contribution in [-0.4, -0.2) is 4.98 Å². The van der Waals surface area contributed by atoms with E-state index in [9.17, 15) is 0 Å². The van der Waals surface area contributed by atoms with Gasteiger partial charge in [0.1, 0.15) is 4.60 Å². The Morgan fingerprint density at radius 1 is 1.07 bits per heavy atom. The lowest BCUT2D eigenvalue weighted by atomic mass is 10.1. The number of nitrogens with zero attached hydrogens (tertiary/aromatic N) is 1. The maximum Gasteiger partial charge on any atom is 0.106 e. The molecule has 0 aliphatic rings. The van der Waals surface area contributed by atoms with E-state index in [0.717, 1.165) is 22.3 Å². The van der Waals surface area contributed by atoms with Crippen molar-refractivity contribution in [2.45, 2.75) is 13.3 Å². The van der Waals surface area contributed by atoms with Gasteiger partial charge in [0.2, 0.25) is 0 Å². The van der Waals surface area contributed by atoms with Crippen LogP contribution in [0.25, 0.3) is 11.3 Å². The molecule has 1 aromatic carbocycles. The van der Waals surface area contributed by atoms with Crippen LogP contribution in [-0.2, 0) is 6.42 Å². The normalized spacial score (nSPS) is 10.3. The molecule has 0 spiro atoms. The van der Waals surface area contributed by atoms with Crippen molar-refractivity contribution < 1.29 is 0 Å². The molecule has 2 aromatic rings. The molecule has 2 heteroatoms. The average Bonchev–Trinajstić information content (AvgIpc) is 2.29. The maximum atomic E-state index is 4.42. The van der Waals surface area contributed by atoms with Crippen LogP contribution in [0.5, 0.6) is 0 Å². The number of aromatic nitrogens is 1. The van der Waals surface area contributed by atoms with Crippen LogP contribution in [0.3, 0.4) is 0 Å². The number of pyridine rings is 1. The van der Waals surface area contributed by atoms with Gasteiger partial charge >= 0.3 is 0 Å². The van der Waals surface area contributed by atoms with E-state index in [1.807, 2.05) is 18.2 Å². The molecule has 1 heterocycles. The second-order valence-corrected chi connectivity index (χ2v) is 4.21. The van der Waals surface area contributed by atoms with Crippen LogP contribution in [0, 0.1) is 0 Å². The first-order chi connectivity index (χ1) is 7.29. The van der Waals surface area contributed by atoms with Gasteiger partial charge in [0, 0.05) is 5.56 Å². The highest BCUT2D eigenvalue weighted by Gasteiger charge is 1.99. The first kappa shape index (κ1) is 10.4. The summed E-state index contributed by atoms with van der Waals surface area (Å²) in [5.74, 6) is 0. The van der Waals surface area contributed by atoms with Crippen LogP contribution >= 0.6 is 15.9 Å². The van der Waals surface area contributed by atoms with Crippen LogP contribution in [0.1, 0.15) is 12.5 Å². The Bertz CT molecular complexity index is 448. The molecule has 0 unspecified atom stereocenters. The third-order valence-corrected chi connectivity index (χ3v) is 2.81. The van der Waals surface area contributed by atoms with Crippen LogP contribution < -0.4 is 0 Å². The van der Waals surface area contributed by atoms with Gasteiger partial charge < -0.3 is 0 Å². The monoisotopic (exact) mass is 261 g/mol. The molecular weight excluding hydrogens is 250 g/mol. The molecule has 76 valence electrons. The van der Waals surface area contributed by atoms with E-state index in [4.69, 9.17) is 0 Å². The lowest BCUT2D eigenvalue weighted by Crippen LogP contribution is -1.85. The fourth-order valence-corrected chi connectivity index (χ4v) is 1.82. The fourth-order valence-electron chi connectivity index (χ4n) is 1.48. The van der Waals surface area contributed by atoms with Crippen molar-refractivity contribution in [2.24, 2.45) is 0 Å². The summed E-state index contributed by atoms with van der Waals surface area (Å²) in [7, 11) is 0. The molecule has 0 bridgehead atoms. The molecule has 0 aliphatic heterocycles. The quantitative estimate of drug-likeness (QED) is 0.743. The van der Waals surface area contributed by atoms with E-state index in [1.165, 1.54) is 5.56 Å². The minimum absolute atomic E-state index is 0.875. The first-order valence-electron chi connectivity index (χ1n) is 5.01. The van der Waals surface area contributed by atoms with Crippen LogP contribution in [0.2, 0.25) is 0 Å². The second-order valence-electron chi connectivity index (χ2n) is 3.40. The number of halogens is 1. The first-order valence-corrected chi connectivity index (χ1v) is 5.81. The zero-order valence-electron chi connectivity index (χ0n) is 8.57. The molecule has 0 amide bonds. The molecule has 0 aliphatic carbocycles. The zero-order chi connectivity index (χ0) is 10.7. The maximum absolute atomic E-state index is 4.42. The summed E-state index contributed by atoms with van der Waals surface area (Å²) in [6.07, 6.45) is 1.08. The Labute approximate surface area is 98.3 Å². The fraction of sp³-hybridized carbons (Fsp3) is 0.154. The molecule has 2 rings (SSSR count). The standard InChI is InChI=1S/C13H12BrN/c1-2-10-6-8-11(9-7-10)12-4-3-5-13(14)15-12/h3-9H,2H2,1H3. The summed E-state index contributed by atoms with van der Waals surface area (Å²) in [6.45, 7) is 2.16. The lowest BCUT2D eigenvalue weighted by molar-refractivity contribution is 1.14. The lowest BCUT2D eigenvalue weighted by Gasteiger charge is -2.02. The number of hydrogen-bond acceptors (Lipinski definition) is 1. The summed E-state index contributed by atoms with van der Waals surface area (Å²) in [5, 5.41) is 0.